The van der Waals surface area contributed by atoms with E-state index in [0.717, 1.165) is 0 Å². The number of H-pyrrole nitrogens is 1. The third-order valence-electron chi connectivity index (χ3n) is 5.71. The first kappa shape index (κ1) is 21.7. The Hall–Kier alpha value is -3.52. The van der Waals surface area contributed by atoms with Gasteiger partial charge in [-0.05, 0) is 45.0 Å². The van der Waals surface area contributed by atoms with E-state index in [1.54, 1.807) is 29.2 Å². The molecule has 0 aliphatic carbocycles. The fraction of sp³-hybridized carbons (Fsp3) is 0.333. The molecule has 2 amide bonds. The van der Waals surface area contributed by atoms with Crippen LogP contribution in [0.5, 0.6) is 0 Å². The highest BCUT2D eigenvalue weighted by Gasteiger charge is 2.31. The maximum absolute atomic E-state index is 13.5. The summed E-state index contributed by atoms with van der Waals surface area (Å²) in [7, 11) is 0. The largest absolute Gasteiger partial charge is 0.324 e. The van der Waals surface area contributed by atoms with Crippen LogP contribution in [0.2, 0.25) is 0 Å². The van der Waals surface area contributed by atoms with Crippen LogP contribution < -0.4 is 15.8 Å². The zero-order chi connectivity index (χ0) is 22.8. The summed E-state index contributed by atoms with van der Waals surface area (Å²) in [6.45, 7) is 6.32. The van der Waals surface area contributed by atoms with E-state index in [0.29, 0.717) is 34.6 Å². The van der Waals surface area contributed by atoms with E-state index < -0.39 is 0 Å². The van der Waals surface area contributed by atoms with Crippen LogP contribution in [-0.2, 0) is 16.1 Å². The summed E-state index contributed by atoms with van der Waals surface area (Å²) < 4.78 is 0. The molecule has 0 spiro atoms. The van der Waals surface area contributed by atoms with Crippen LogP contribution in [-0.4, -0.2) is 45.3 Å². The van der Waals surface area contributed by atoms with Gasteiger partial charge in [0.25, 0.3) is 5.56 Å². The number of hydrogen-bond acceptors (Lipinski definition) is 5. The second-order valence-corrected chi connectivity index (χ2v) is 8.41. The number of amides is 2. The lowest BCUT2D eigenvalue weighted by atomic mass is 10.1. The number of aromatic nitrogens is 2. The molecule has 1 aromatic heterocycles. The van der Waals surface area contributed by atoms with Crippen molar-refractivity contribution < 1.29 is 9.59 Å². The summed E-state index contributed by atoms with van der Waals surface area (Å²) >= 11 is 0. The summed E-state index contributed by atoms with van der Waals surface area (Å²) in [5.74, 6) is 0.286. The molecule has 0 saturated heterocycles. The number of benzene rings is 2. The number of carbonyl (C=O) groups is 2. The second kappa shape index (κ2) is 8.92. The van der Waals surface area contributed by atoms with Crippen LogP contribution in [0.3, 0.4) is 0 Å². The van der Waals surface area contributed by atoms with E-state index in [2.05, 4.69) is 15.3 Å². The minimum atomic E-state index is -0.279. The van der Waals surface area contributed by atoms with Crippen molar-refractivity contribution in [2.45, 2.75) is 45.8 Å². The van der Waals surface area contributed by atoms with Gasteiger partial charge in [0, 0.05) is 18.5 Å². The fourth-order valence-corrected chi connectivity index (χ4v) is 4.04. The minimum absolute atomic E-state index is 0.0352. The Morgan fingerprint density at radius 1 is 1.16 bits per heavy atom. The predicted molar refractivity (Wildman–Crippen MR) is 125 cm³/mol. The van der Waals surface area contributed by atoms with Crippen LogP contribution in [0.1, 0.15) is 33.0 Å². The third-order valence-corrected chi connectivity index (χ3v) is 5.71. The molecule has 8 nitrogen and oxygen atoms in total. The Morgan fingerprint density at radius 2 is 1.88 bits per heavy atom. The Morgan fingerprint density at radius 3 is 2.66 bits per heavy atom. The van der Waals surface area contributed by atoms with Crippen LogP contribution in [0.15, 0.2) is 53.3 Å². The van der Waals surface area contributed by atoms with E-state index in [1.165, 1.54) is 0 Å². The molecule has 2 heterocycles. The van der Waals surface area contributed by atoms with Gasteiger partial charge in [-0.15, -0.1) is 0 Å². The lowest BCUT2D eigenvalue weighted by Crippen LogP contribution is -2.46. The molecule has 0 fully saturated rings. The van der Waals surface area contributed by atoms with Gasteiger partial charge < -0.3 is 15.2 Å². The third kappa shape index (κ3) is 4.40. The van der Waals surface area contributed by atoms with Gasteiger partial charge in [-0.25, -0.2) is 4.98 Å². The van der Waals surface area contributed by atoms with Crippen LogP contribution in [0, 0.1) is 0 Å². The number of hydrogen-bond donors (Lipinski definition) is 2. The molecule has 2 aromatic carbocycles. The number of fused-ring (bicyclic) bond motifs is 2. The molecule has 0 saturated carbocycles. The van der Waals surface area contributed by atoms with Gasteiger partial charge in [-0.3, -0.25) is 19.3 Å². The van der Waals surface area contributed by atoms with Crippen LogP contribution in [0.4, 0.5) is 11.4 Å². The van der Waals surface area contributed by atoms with Gasteiger partial charge in [0.05, 0.1) is 35.4 Å². The average Bonchev–Trinajstić information content (AvgIpc) is 2.87. The van der Waals surface area contributed by atoms with Gasteiger partial charge in [-0.2, -0.15) is 0 Å². The molecule has 2 N–H and O–H groups in total. The van der Waals surface area contributed by atoms with Crippen molar-refractivity contribution in [2.24, 2.45) is 0 Å². The second-order valence-electron chi connectivity index (χ2n) is 8.41. The molecule has 1 aliphatic heterocycles. The molecule has 166 valence electrons. The molecule has 0 unspecified atom stereocenters. The Balaban J connectivity index is 1.60. The van der Waals surface area contributed by atoms with E-state index in [-0.39, 0.29) is 42.4 Å². The quantitative estimate of drug-likeness (QED) is 0.645. The van der Waals surface area contributed by atoms with Crippen molar-refractivity contribution in [3.63, 3.8) is 0 Å². The van der Waals surface area contributed by atoms with Gasteiger partial charge in [0.15, 0.2) is 0 Å². The van der Waals surface area contributed by atoms with Crippen molar-refractivity contribution in [2.75, 3.05) is 16.8 Å². The number of anilines is 2. The minimum Gasteiger partial charge on any atom is -0.324 e. The lowest BCUT2D eigenvalue weighted by Gasteiger charge is -2.32. The Labute approximate surface area is 186 Å². The van der Waals surface area contributed by atoms with Crippen molar-refractivity contribution in [1.29, 1.82) is 0 Å². The molecule has 8 heteroatoms. The summed E-state index contributed by atoms with van der Waals surface area (Å²) in [4.78, 5) is 49.2. The first-order valence-corrected chi connectivity index (χ1v) is 10.8. The highest BCUT2D eigenvalue weighted by molar-refractivity contribution is 6.04. The van der Waals surface area contributed by atoms with Crippen molar-refractivity contribution in [3.05, 3.63) is 64.7 Å². The molecular formula is C24H27N5O3. The monoisotopic (exact) mass is 433 g/mol. The average molecular weight is 434 g/mol. The molecule has 3 aromatic rings. The number of para-hydroxylation sites is 3. The maximum Gasteiger partial charge on any atom is 0.258 e. The van der Waals surface area contributed by atoms with Crippen molar-refractivity contribution >= 4 is 34.1 Å². The molecule has 0 radical (unpaired) electrons. The summed E-state index contributed by atoms with van der Waals surface area (Å²) in [5.41, 5.74) is 1.75. The summed E-state index contributed by atoms with van der Waals surface area (Å²) in [6.07, 6.45) is 0.224. The Bertz CT molecular complexity index is 1220. The number of nitrogens with zero attached hydrogens (tertiary/aromatic N) is 3. The maximum atomic E-state index is 13.5. The normalized spacial score (nSPS) is 16.2. The van der Waals surface area contributed by atoms with Gasteiger partial charge >= 0.3 is 0 Å². The van der Waals surface area contributed by atoms with E-state index >= 15 is 0 Å². The highest BCUT2D eigenvalue weighted by Crippen LogP contribution is 2.31. The van der Waals surface area contributed by atoms with Crippen LogP contribution >= 0.6 is 0 Å². The molecular weight excluding hydrogens is 406 g/mol. The smallest absolute Gasteiger partial charge is 0.258 e. The molecule has 0 bridgehead atoms. The van der Waals surface area contributed by atoms with E-state index in [9.17, 15) is 14.4 Å². The standard InChI is InChI=1S/C24H27N5O3/c1-15(2)28(13-21-25-18-9-5-4-8-17(18)24(32)27-21)14-23(31)29-16(3)12-22(30)26-19-10-6-7-11-20(19)29/h4-11,15-16H,12-14H2,1-3H3,(H,26,30)(H,25,27,32)/t16-/m1/s1. The zero-order valence-corrected chi connectivity index (χ0v) is 18.5. The zero-order valence-electron chi connectivity index (χ0n) is 18.5. The van der Waals surface area contributed by atoms with Gasteiger partial charge in [0.1, 0.15) is 5.82 Å². The van der Waals surface area contributed by atoms with Gasteiger partial charge in [-0.1, -0.05) is 24.3 Å². The molecule has 1 atom stereocenters. The number of nitrogens with one attached hydrogen (secondary N) is 2. The lowest BCUT2D eigenvalue weighted by molar-refractivity contribution is -0.121. The first-order chi connectivity index (χ1) is 15.3. The topological polar surface area (TPSA) is 98.4 Å². The first-order valence-electron chi connectivity index (χ1n) is 10.8. The molecule has 1 aliphatic rings. The summed E-state index contributed by atoms with van der Waals surface area (Å²) in [6, 6.07) is 14.3. The van der Waals surface area contributed by atoms with E-state index in [1.807, 2.05) is 49.9 Å². The van der Waals surface area contributed by atoms with Crippen molar-refractivity contribution in [1.82, 2.24) is 14.9 Å². The number of rotatable bonds is 5. The number of carbonyl (C=O) groups excluding carboxylic acids is 2. The summed E-state index contributed by atoms with van der Waals surface area (Å²) in [5, 5.41) is 3.42. The van der Waals surface area contributed by atoms with Crippen molar-refractivity contribution in [3.8, 4) is 0 Å². The Kier molecular flexibility index (Phi) is 6.05. The highest BCUT2D eigenvalue weighted by atomic mass is 16.2. The van der Waals surface area contributed by atoms with E-state index in [4.69, 9.17) is 0 Å². The number of aromatic amines is 1. The molecule has 32 heavy (non-hydrogen) atoms. The SMILES string of the molecule is CC(C)N(CC(=O)N1c2ccccc2NC(=O)C[C@H]1C)Cc1nc2ccccc2c(=O)[nH]1. The fourth-order valence-electron chi connectivity index (χ4n) is 4.04. The molecule has 4 rings (SSSR count). The predicted octanol–water partition coefficient (Wildman–Crippen LogP) is 2.90. The van der Waals surface area contributed by atoms with Crippen LogP contribution in [0.25, 0.3) is 10.9 Å². The van der Waals surface area contributed by atoms with Gasteiger partial charge in [0.2, 0.25) is 11.8 Å².